The lowest BCUT2D eigenvalue weighted by Crippen LogP contribution is -2.07. The molecular formula is C17H18ClN3. The van der Waals surface area contributed by atoms with E-state index in [1.54, 1.807) is 0 Å². The Balaban J connectivity index is 2.12. The Hall–Kier alpha value is -1.87. The van der Waals surface area contributed by atoms with Crippen molar-refractivity contribution in [3.8, 4) is 0 Å². The number of alkyl halides is 1. The van der Waals surface area contributed by atoms with E-state index < -0.39 is 0 Å². The summed E-state index contributed by atoms with van der Waals surface area (Å²) in [6, 6.07) is 12.5. The summed E-state index contributed by atoms with van der Waals surface area (Å²) in [5.41, 5.74) is 5.47. The van der Waals surface area contributed by atoms with Gasteiger partial charge in [0.25, 0.3) is 0 Å². The minimum absolute atomic E-state index is 0.393. The number of hydrogen-bond donors (Lipinski definition) is 0. The number of pyridine rings is 1. The number of aromatic nitrogens is 3. The van der Waals surface area contributed by atoms with E-state index in [1.165, 1.54) is 11.1 Å². The lowest BCUT2D eigenvalue weighted by Gasteiger charge is -2.11. The van der Waals surface area contributed by atoms with Gasteiger partial charge in [0.05, 0.1) is 12.4 Å². The van der Waals surface area contributed by atoms with Crippen molar-refractivity contribution in [2.45, 2.75) is 32.7 Å². The molecule has 0 aliphatic heterocycles. The first kappa shape index (κ1) is 14.1. The third kappa shape index (κ3) is 2.66. The zero-order chi connectivity index (χ0) is 14.8. The van der Waals surface area contributed by atoms with E-state index in [4.69, 9.17) is 11.6 Å². The fourth-order valence-electron chi connectivity index (χ4n) is 2.64. The van der Waals surface area contributed by atoms with Crippen molar-refractivity contribution in [1.82, 2.24) is 14.5 Å². The minimum atomic E-state index is 0.393. The standard InChI is InChI=1S/C17H18ClN3/c1-3-13-6-4-5-7-14(13)11-21-16(10-18)20-15-9-8-12(2)19-17(15)21/h4-9H,3,10-11H2,1-2H3. The number of halogens is 1. The van der Waals surface area contributed by atoms with Gasteiger partial charge in [0.2, 0.25) is 0 Å². The monoisotopic (exact) mass is 299 g/mol. The van der Waals surface area contributed by atoms with Gasteiger partial charge in [-0.25, -0.2) is 9.97 Å². The molecule has 3 rings (SSSR count). The first-order valence-corrected chi connectivity index (χ1v) is 7.72. The molecule has 0 amide bonds. The molecule has 2 heterocycles. The summed E-state index contributed by atoms with van der Waals surface area (Å²) in [5, 5.41) is 0. The van der Waals surface area contributed by atoms with Crippen LogP contribution in [0.4, 0.5) is 0 Å². The number of rotatable bonds is 4. The van der Waals surface area contributed by atoms with Crippen LogP contribution in [0, 0.1) is 6.92 Å². The Labute approximate surface area is 129 Å². The lowest BCUT2D eigenvalue weighted by molar-refractivity contribution is 0.761. The summed E-state index contributed by atoms with van der Waals surface area (Å²) in [6.07, 6.45) is 1.02. The first-order chi connectivity index (χ1) is 10.2. The molecule has 4 heteroatoms. The summed E-state index contributed by atoms with van der Waals surface area (Å²) < 4.78 is 2.13. The number of benzene rings is 1. The van der Waals surface area contributed by atoms with Crippen LogP contribution in [0.3, 0.4) is 0 Å². The SMILES string of the molecule is CCc1ccccc1Cn1c(CCl)nc2ccc(C)nc21. The van der Waals surface area contributed by atoms with Gasteiger partial charge in [-0.3, -0.25) is 0 Å². The molecule has 3 aromatic rings. The third-order valence-electron chi connectivity index (χ3n) is 3.76. The molecule has 0 saturated carbocycles. The molecule has 0 unspecified atom stereocenters. The third-order valence-corrected chi connectivity index (χ3v) is 4.00. The smallest absolute Gasteiger partial charge is 0.160 e. The van der Waals surface area contributed by atoms with Crippen LogP contribution in [-0.4, -0.2) is 14.5 Å². The minimum Gasteiger partial charge on any atom is -0.307 e. The Kier molecular flexibility index (Phi) is 3.93. The molecule has 0 fully saturated rings. The van der Waals surface area contributed by atoms with Crippen LogP contribution >= 0.6 is 11.6 Å². The van der Waals surface area contributed by atoms with Crippen molar-refractivity contribution < 1.29 is 0 Å². The molecule has 21 heavy (non-hydrogen) atoms. The van der Waals surface area contributed by atoms with Gasteiger partial charge in [0.15, 0.2) is 5.65 Å². The fraction of sp³-hybridized carbons (Fsp3) is 0.294. The highest BCUT2D eigenvalue weighted by Crippen LogP contribution is 2.20. The molecular weight excluding hydrogens is 282 g/mol. The highest BCUT2D eigenvalue weighted by molar-refractivity contribution is 6.16. The lowest BCUT2D eigenvalue weighted by atomic mass is 10.1. The second kappa shape index (κ2) is 5.86. The van der Waals surface area contributed by atoms with Crippen LogP contribution in [0.2, 0.25) is 0 Å². The maximum absolute atomic E-state index is 6.07. The van der Waals surface area contributed by atoms with E-state index in [0.717, 1.165) is 35.6 Å². The average Bonchev–Trinajstić information content (AvgIpc) is 2.85. The molecule has 1 aromatic carbocycles. The topological polar surface area (TPSA) is 30.7 Å². The van der Waals surface area contributed by atoms with Gasteiger partial charge in [0.1, 0.15) is 11.3 Å². The number of aryl methyl sites for hydroxylation is 2. The molecule has 0 aliphatic rings. The zero-order valence-electron chi connectivity index (χ0n) is 12.3. The molecule has 3 nitrogen and oxygen atoms in total. The summed E-state index contributed by atoms with van der Waals surface area (Å²) in [4.78, 5) is 9.23. The van der Waals surface area contributed by atoms with Crippen LogP contribution in [0.15, 0.2) is 36.4 Å². The van der Waals surface area contributed by atoms with E-state index in [0.29, 0.717) is 5.88 Å². The quantitative estimate of drug-likeness (QED) is 0.679. The summed E-state index contributed by atoms with van der Waals surface area (Å²) >= 11 is 6.07. The van der Waals surface area contributed by atoms with E-state index in [-0.39, 0.29) is 0 Å². The van der Waals surface area contributed by atoms with E-state index in [9.17, 15) is 0 Å². The van der Waals surface area contributed by atoms with Gasteiger partial charge in [-0.15, -0.1) is 11.6 Å². The van der Waals surface area contributed by atoms with Crippen LogP contribution in [0.25, 0.3) is 11.2 Å². The number of imidazole rings is 1. The summed E-state index contributed by atoms with van der Waals surface area (Å²) in [6.45, 7) is 4.94. The number of fused-ring (bicyclic) bond motifs is 1. The van der Waals surface area contributed by atoms with Crippen molar-refractivity contribution in [3.63, 3.8) is 0 Å². The van der Waals surface area contributed by atoms with E-state index in [1.807, 2.05) is 19.1 Å². The average molecular weight is 300 g/mol. The Morgan fingerprint density at radius 3 is 2.52 bits per heavy atom. The largest absolute Gasteiger partial charge is 0.307 e. The maximum Gasteiger partial charge on any atom is 0.160 e. The second-order valence-electron chi connectivity index (χ2n) is 5.17. The van der Waals surface area contributed by atoms with Gasteiger partial charge >= 0.3 is 0 Å². The second-order valence-corrected chi connectivity index (χ2v) is 5.43. The number of hydrogen-bond acceptors (Lipinski definition) is 2. The van der Waals surface area contributed by atoms with E-state index >= 15 is 0 Å². The number of nitrogens with zero attached hydrogens (tertiary/aromatic N) is 3. The van der Waals surface area contributed by atoms with Gasteiger partial charge < -0.3 is 4.57 Å². The molecule has 2 aromatic heterocycles. The molecule has 108 valence electrons. The van der Waals surface area contributed by atoms with Gasteiger partial charge in [-0.2, -0.15) is 0 Å². The van der Waals surface area contributed by atoms with Crippen molar-refractivity contribution in [2.75, 3.05) is 0 Å². The molecule has 0 spiro atoms. The first-order valence-electron chi connectivity index (χ1n) is 7.18. The Morgan fingerprint density at radius 1 is 1.05 bits per heavy atom. The molecule has 0 aliphatic carbocycles. The normalized spacial score (nSPS) is 11.2. The predicted octanol–water partition coefficient (Wildman–Crippen LogP) is 4.09. The highest BCUT2D eigenvalue weighted by atomic mass is 35.5. The fourth-order valence-corrected chi connectivity index (χ4v) is 2.84. The molecule has 0 saturated heterocycles. The van der Waals surface area contributed by atoms with Gasteiger partial charge in [-0.1, -0.05) is 31.2 Å². The summed E-state index contributed by atoms with van der Waals surface area (Å²) in [5.74, 6) is 1.26. The summed E-state index contributed by atoms with van der Waals surface area (Å²) in [7, 11) is 0. The predicted molar refractivity (Wildman–Crippen MR) is 86.7 cm³/mol. The molecule has 0 N–H and O–H groups in total. The Morgan fingerprint density at radius 2 is 1.81 bits per heavy atom. The maximum atomic E-state index is 6.07. The van der Waals surface area contributed by atoms with Crippen molar-refractivity contribution in [2.24, 2.45) is 0 Å². The molecule has 0 bridgehead atoms. The van der Waals surface area contributed by atoms with Gasteiger partial charge in [0, 0.05) is 5.69 Å². The highest BCUT2D eigenvalue weighted by Gasteiger charge is 2.12. The van der Waals surface area contributed by atoms with Crippen LogP contribution < -0.4 is 0 Å². The van der Waals surface area contributed by atoms with Crippen LogP contribution in [0.1, 0.15) is 29.6 Å². The van der Waals surface area contributed by atoms with Crippen LogP contribution in [0.5, 0.6) is 0 Å². The van der Waals surface area contributed by atoms with E-state index in [2.05, 4.69) is 45.7 Å². The van der Waals surface area contributed by atoms with Crippen molar-refractivity contribution >= 4 is 22.8 Å². The molecule has 0 radical (unpaired) electrons. The molecule has 0 atom stereocenters. The van der Waals surface area contributed by atoms with Gasteiger partial charge in [-0.05, 0) is 36.6 Å². The zero-order valence-corrected chi connectivity index (χ0v) is 13.1. The Bertz CT molecular complexity index is 777. The van der Waals surface area contributed by atoms with Crippen molar-refractivity contribution in [3.05, 3.63) is 59.0 Å². The van der Waals surface area contributed by atoms with Crippen molar-refractivity contribution in [1.29, 1.82) is 0 Å². The van der Waals surface area contributed by atoms with Crippen LogP contribution in [-0.2, 0) is 18.8 Å².